The first-order valence-electron chi connectivity index (χ1n) is 7.63. The van der Waals surface area contributed by atoms with Gasteiger partial charge in [-0.1, -0.05) is 20.8 Å². The summed E-state index contributed by atoms with van der Waals surface area (Å²) in [5.74, 6) is 1.09. The van der Waals surface area contributed by atoms with Crippen molar-refractivity contribution >= 4 is 11.9 Å². The summed E-state index contributed by atoms with van der Waals surface area (Å²) < 4.78 is 15.9. The summed E-state index contributed by atoms with van der Waals surface area (Å²) in [5.41, 5.74) is -0.202. The van der Waals surface area contributed by atoms with Crippen LogP contribution in [0.4, 0.5) is 4.79 Å². The monoisotopic (exact) mass is 298 g/mol. The average molecular weight is 298 g/mol. The average Bonchev–Trinajstić information content (AvgIpc) is 2.95. The summed E-state index contributed by atoms with van der Waals surface area (Å²) in [6.07, 6.45) is 0.449. The first-order valence-corrected chi connectivity index (χ1v) is 7.63. The van der Waals surface area contributed by atoms with E-state index < -0.39 is 6.09 Å². The van der Waals surface area contributed by atoms with Crippen molar-refractivity contribution in [3.63, 3.8) is 0 Å². The van der Waals surface area contributed by atoms with Crippen molar-refractivity contribution in [2.24, 2.45) is 16.3 Å². The summed E-state index contributed by atoms with van der Waals surface area (Å²) >= 11 is 0. The molecule has 120 valence electrons. The van der Waals surface area contributed by atoms with Crippen molar-refractivity contribution in [1.82, 2.24) is 4.90 Å². The van der Waals surface area contributed by atoms with Gasteiger partial charge < -0.3 is 19.1 Å². The minimum absolute atomic E-state index is 0.202. The molecular formula is C15H26N2O4. The maximum atomic E-state index is 12.0. The third-order valence-corrected chi connectivity index (χ3v) is 3.65. The number of carbonyl (C=O) groups is 1. The van der Waals surface area contributed by atoms with E-state index >= 15 is 0 Å². The number of amides is 1. The highest BCUT2D eigenvalue weighted by molar-refractivity contribution is 5.95. The van der Waals surface area contributed by atoms with E-state index in [-0.39, 0.29) is 5.41 Å². The molecule has 2 aliphatic heterocycles. The Kier molecular flexibility index (Phi) is 5.58. The lowest BCUT2D eigenvalue weighted by atomic mass is 9.93. The smallest absolute Gasteiger partial charge is 0.435 e. The molecule has 6 nitrogen and oxygen atoms in total. The van der Waals surface area contributed by atoms with Gasteiger partial charge in [0.05, 0.1) is 26.4 Å². The van der Waals surface area contributed by atoms with Gasteiger partial charge >= 0.3 is 6.09 Å². The topological polar surface area (TPSA) is 60.4 Å². The molecule has 0 aliphatic carbocycles. The van der Waals surface area contributed by atoms with Crippen molar-refractivity contribution in [2.45, 2.75) is 27.2 Å². The predicted molar refractivity (Wildman–Crippen MR) is 79.6 cm³/mol. The van der Waals surface area contributed by atoms with Crippen LogP contribution in [0.5, 0.6) is 0 Å². The maximum Gasteiger partial charge on any atom is 0.435 e. The Hall–Kier alpha value is -1.14. The van der Waals surface area contributed by atoms with E-state index in [1.807, 2.05) is 0 Å². The molecule has 21 heavy (non-hydrogen) atoms. The molecule has 0 aromatic rings. The van der Waals surface area contributed by atoms with E-state index in [1.54, 1.807) is 0 Å². The molecule has 2 rings (SSSR count). The number of hydrogen-bond acceptors (Lipinski definition) is 4. The lowest BCUT2D eigenvalue weighted by Crippen LogP contribution is -2.46. The largest absolute Gasteiger partial charge is 0.447 e. The van der Waals surface area contributed by atoms with Gasteiger partial charge in [0.1, 0.15) is 5.84 Å². The molecule has 0 N–H and O–H groups in total. The predicted octanol–water partition coefficient (Wildman–Crippen LogP) is 1.94. The second-order valence-corrected chi connectivity index (χ2v) is 6.59. The number of rotatable bonds is 2. The third-order valence-electron chi connectivity index (χ3n) is 3.65. The number of ether oxygens (including phenoxy) is 3. The fraction of sp³-hybridized carbons (Fsp3) is 0.867. The van der Waals surface area contributed by atoms with Crippen LogP contribution >= 0.6 is 0 Å². The minimum atomic E-state index is -0.502. The summed E-state index contributed by atoms with van der Waals surface area (Å²) in [7, 11) is 0. The first-order chi connectivity index (χ1) is 9.97. The molecule has 0 saturated carbocycles. The number of carbonyl (C=O) groups excluding carboxylic acids is 1. The van der Waals surface area contributed by atoms with E-state index in [1.165, 1.54) is 0 Å². The van der Waals surface area contributed by atoms with E-state index in [9.17, 15) is 4.79 Å². The summed E-state index contributed by atoms with van der Waals surface area (Å²) in [6, 6.07) is 0. The quantitative estimate of drug-likeness (QED) is 0.576. The normalized spacial score (nSPS) is 24.2. The molecule has 1 unspecified atom stereocenters. The molecule has 1 amide bonds. The van der Waals surface area contributed by atoms with Crippen molar-refractivity contribution < 1.29 is 19.0 Å². The van der Waals surface area contributed by atoms with Crippen molar-refractivity contribution in [2.75, 3.05) is 46.1 Å². The van der Waals surface area contributed by atoms with Gasteiger partial charge in [-0.05, 0) is 6.42 Å². The van der Waals surface area contributed by atoms with Crippen LogP contribution in [0.2, 0.25) is 0 Å². The van der Waals surface area contributed by atoms with Crippen LogP contribution in [0.3, 0.4) is 0 Å². The highest BCUT2D eigenvalue weighted by Gasteiger charge is 2.28. The lowest BCUT2D eigenvalue weighted by molar-refractivity contribution is 0.0641. The molecule has 0 aromatic heterocycles. The Balaban J connectivity index is 1.95. The van der Waals surface area contributed by atoms with E-state index in [0.717, 1.165) is 32.0 Å². The third kappa shape index (κ3) is 4.97. The van der Waals surface area contributed by atoms with Gasteiger partial charge in [0.2, 0.25) is 0 Å². The Bertz CT molecular complexity index is 378. The van der Waals surface area contributed by atoms with Crippen LogP contribution in [-0.2, 0) is 14.2 Å². The van der Waals surface area contributed by atoms with Crippen LogP contribution < -0.4 is 0 Å². The summed E-state index contributed by atoms with van der Waals surface area (Å²) in [6.45, 7) is 10.9. The summed E-state index contributed by atoms with van der Waals surface area (Å²) in [5, 5.41) is 0. The fourth-order valence-electron chi connectivity index (χ4n) is 2.51. The van der Waals surface area contributed by atoms with E-state index in [2.05, 4.69) is 30.7 Å². The van der Waals surface area contributed by atoms with E-state index in [4.69, 9.17) is 14.2 Å². The number of morpholine rings is 1. The lowest BCUT2D eigenvalue weighted by Gasteiger charge is -2.35. The van der Waals surface area contributed by atoms with Crippen LogP contribution in [0.25, 0.3) is 0 Å². The Morgan fingerprint density at radius 3 is 2.52 bits per heavy atom. The summed E-state index contributed by atoms with van der Waals surface area (Å²) in [4.78, 5) is 18.3. The molecular weight excluding hydrogens is 272 g/mol. The zero-order valence-electron chi connectivity index (χ0n) is 13.3. The van der Waals surface area contributed by atoms with Crippen LogP contribution in [-0.4, -0.2) is 63.0 Å². The zero-order chi connectivity index (χ0) is 15.3. The number of amidine groups is 1. The molecule has 2 saturated heterocycles. The molecule has 0 radical (unpaired) electrons. The van der Waals surface area contributed by atoms with Gasteiger partial charge in [-0.3, -0.25) is 0 Å². The van der Waals surface area contributed by atoms with Crippen molar-refractivity contribution in [3.8, 4) is 0 Å². The van der Waals surface area contributed by atoms with Gasteiger partial charge in [0.25, 0.3) is 0 Å². The SMILES string of the molecule is CC(C)(C)C(=NC(=O)OCC1CCOC1)N1CCOCC1. The second-order valence-electron chi connectivity index (χ2n) is 6.59. The molecule has 0 aromatic carbocycles. The molecule has 6 heteroatoms. The standard InChI is InChI=1S/C15H26N2O4/c1-15(2,3)13(17-5-8-19-9-6-17)16-14(18)21-11-12-4-7-20-10-12/h12H,4-11H2,1-3H3. The highest BCUT2D eigenvalue weighted by Crippen LogP contribution is 2.21. The van der Waals surface area contributed by atoms with Gasteiger partial charge in [-0.2, -0.15) is 4.99 Å². The Morgan fingerprint density at radius 2 is 1.95 bits per heavy atom. The van der Waals surface area contributed by atoms with Gasteiger partial charge in [0.15, 0.2) is 0 Å². The minimum Gasteiger partial charge on any atom is -0.447 e. The molecule has 1 atom stereocenters. The molecule has 0 bridgehead atoms. The van der Waals surface area contributed by atoms with Crippen molar-refractivity contribution in [1.29, 1.82) is 0 Å². The Morgan fingerprint density at radius 1 is 1.24 bits per heavy atom. The van der Waals surface area contributed by atoms with Crippen LogP contribution in [0, 0.1) is 11.3 Å². The Labute approximate surface area is 126 Å². The van der Waals surface area contributed by atoms with Crippen LogP contribution in [0.1, 0.15) is 27.2 Å². The number of aliphatic imine (C=N–C) groups is 1. The molecule has 2 heterocycles. The molecule has 2 aliphatic rings. The highest BCUT2D eigenvalue weighted by atomic mass is 16.5. The van der Waals surface area contributed by atoms with E-state index in [0.29, 0.717) is 32.3 Å². The number of nitrogens with zero attached hydrogens (tertiary/aromatic N) is 2. The first kappa shape index (κ1) is 16.2. The fourth-order valence-corrected chi connectivity index (χ4v) is 2.51. The maximum absolute atomic E-state index is 12.0. The second kappa shape index (κ2) is 7.22. The number of hydrogen-bond donors (Lipinski definition) is 0. The zero-order valence-corrected chi connectivity index (χ0v) is 13.3. The van der Waals surface area contributed by atoms with Gasteiger partial charge in [-0.25, -0.2) is 4.79 Å². The van der Waals surface area contributed by atoms with Crippen molar-refractivity contribution in [3.05, 3.63) is 0 Å². The van der Waals surface area contributed by atoms with Gasteiger partial charge in [0, 0.05) is 31.0 Å². The molecule has 2 fully saturated rings. The van der Waals surface area contributed by atoms with Crippen LogP contribution in [0.15, 0.2) is 4.99 Å². The van der Waals surface area contributed by atoms with Gasteiger partial charge in [-0.15, -0.1) is 0 Å². The molecule has 0 spiro atoms.